The van der Waals surface area contributed by atoms with Crippen molar-refractivity contribution < 1.29 is 14.4 Å². The number of carbonyl (C=O) groups excluding carboxylic acids is 1. The average molecular weight is 294 g/mol. The van der Waals surface area contributed by atoms with E-state index in [0.29, 0.717) is 5.11 Å². The van der Waals surface area contributed by atoms with Crippen molar-refractivity contribution in [2.45, 2.75) is 13.5 Å². The Bertz CT molecular complexity index is 470. The summed E-state index contributed by atoms with van der Waals surface area (Å²) in [5, 5.41) is 5.83. The third-order valence-corrected chi connectivity index (χ3v) is 3.36. The molecule has 108 valence electrons. The molecule has 2 rings (SSSR count). The van der Waals surface area contributed by atoms with E-state index < -0.39 is 0 Å². The summed E-state index contributed by atoms with van der Waals surface area (Å²) in [5.41, 5.74) is 2.17. The fraction of sp³-hybridized carbons (Fsp3) is 0.429. The third-order valence-electron chi connectivity index (χ3n) is 3.16. The van der Waals surface area contributed by atoms with E-state index in [1.807, 2.05) is 12.1 Å². The van der Waals surface area contributed by atoms with E-state index in [1.165, 1.54) is 12.5 Å². The van der Waals surface area contributed by atoms with Crippen LogP contribution in [-0.2, 0) is 16.1 Å². The summed E-state index contributed by atoms with van der Waals surface area (Å²) in [4.78, 5) is 12.4. The minimum absolute atomic E-state index is 0.171. The van der Waals surface area contributed by atoms with Gasteiger partial charge >= 0.3 is 0 Å². The molecule has 0 atom stereocenters. The lowest BCUT2D eigenvalue weighted by Gasteiger charge is -2.23. The molecule has 0 aromatic heterocycles. The van der Waals surface area contributed by atoms with E-state index in [-0.39, 0.29) is 5.91 Å². The molecule has 1 aliphatic heterocycles. The van der Waals surface area contributed by atoms with Crippen LogP contribution in [0.1, 0.15) is 12.5 Å². The van der Waals surface area contributed by atoms with Gasteiger partial charge < -0.3 is 20.3 Å². The van der Waals surface area contributed by atoms with E-state index >= 15 is 0 Å². The Morgan fingerprint density at radius 3 is 2.55 bits per heavy atom. The molecule has 5 nitrogen and oxygen atoms in total. The molecule has 6 heteroatoms. The van der Waals surface area contributed by atoms with Crippen LogP contribution < -0.4 is 15.5 Å². The van der Waals surface area contributed by atoms with Crippen molar-refractivity contribution in [3.05, 3.63) is 29.8 Å². The fourth-order valence-corrected chi connectivity index (χ4v) is 2.42. The Hall–Kier alpha value is -1.50. The molecule has 1 fully saturated rings. The Kier molecular flexibility index (Phi) is 5.46. The number of quaternary nitrogens is 1. The zero-order valence-electron chi connectivity index (χ0n) is 11.6. The fourth-order valence-electron chi connectivity index (χ4n) is 2.15. The van der Waals surface area contributed by atoms with E-state index in [4.69, 9.17) is 17.0 Å². The summed E-state index contributed by atoms with van der Waals surface area (Å²) in [6, 6.07) is 8.12. The number of nitrogens with one attached hydrogen (secondary N) is 3. The largest absolute Gasteiger partial charge is 0.370 e. The summed E-state index contributed by atoms with van der Waals surface area (Å²) in [5.74, 6) is -0.171. The topological polar surface area (TPSA) is 54.8 Å². The summed E-state index contributed by atoms with van der Waals surface area (Å²) >= 11 is 5.01. The van der Waals surface area contributed by atoms with Crippen molar-refractivity contribution >= 4 is 28.9 Å². The summed E-state index contributed by atoms with van der Waals surface area (Å²) in [6.07, 6.45) is 0. The number of thiocarbonyl (C=S) groups is 1. The van der Waals surface area contributed by atoms with Gasteiger partial charge in [-0.05, 0) is 24.4 Å². The highest BCUT2D eigenvalue weighted by molar-refractivity contribution is 7.80. The van der Waals surface area contributed by atoms with Crippen LogP contribution in [0.25, 0.3) is 0 Å². The highest BCUT2D eigenvalue weighted by Crippen LogP contribution is 2.08. The van der Waals surface area contributed by atoms with Gasteiger partial charge in [0.05, 0.1) is 13.2 Å². The molecule has 0 spiro atoms. The molecule has 3 N–H and O–H groups in total. The third kappa shape index (κ3) is 4.88. The lowest BCUT2D eigenvalue weighted by atomic mass is 10.2. The van der Waals surface area contributed by atoms with Gasteiger partial charge in [-0.3, -0.25) is 4.79 Å². The monoisotopic (exact) mass is 294 g/mol. The van der Waals surface area contributed by atoms with Crippen LogP contribution in [0.4, 0.5) is 5.69 Å². The minimum atomic E-state index is -0.171. The molecular weight excluding hydrogens is 274 g/mol. The second kappa shape index (κ2) is 7.33. The SMILES string of the molecule is CC(=O)NC(=S)Nc1ccc(C[NH+]2CCOCC2)cc1. The number of morpholine rings is 1. The first-order valence-electron chi connectivity index (χ1n) is 6.72. The number of amides is 1. The molecule has 0 aliphatic carbocycles. The molecule has 20 heavy (non-hydrogen) atoms. The summed E-state index contributed by atoms with van der Waals surface area (Å²) < 4.78 is 5.35. The Morgan fingerprint density at radius 2 is 1.95 bits per heavy atom. The van der Waals surface area contributed by atoms with Crippen LogP contribution in [-0.4, -0.2) is 37.3 Å². The highest BCUT2D eigenvalue weighted by atomic mass is 32.1. The zero-order valence-corrected chi connectivity index (χ0v) is 12.4. The molecule has 1 heterocycles. The second-order valence-corrected chi connectivity index (χ2v) is 5.28. The summed E-state index contributed by atoms with van der Waals surface area (Å²) in [6.45, 7) is 6.27. The van der Waals surface area contributed by atoms with E-state index in [9.17, 15) is 4.79 Å². The number of carbonyl (C=O) groups is 1. The van der Waals surface area contributed by atoms with E-state index in [1.54, 1.807) is 4.90 Å². The van der Waals surface area contributed by atoms with Gasteiger partial charge in [0.1, 0.15) is 19.6 Å². The maximum absolute atomic E-state index is 10.9. The molecule has 1 saturated heterocycles. The Labute approximate surface area is 124 Å². The van der Waals surface area contributed by atoms with Crippen LogP contribution in [0.2, 0.25) is 0 Å². The Morgan fingerprint density at radius 1 is 1.30 bits per heavy atom. The number of rotatable bonds is 3. The molecule has 1 aliphatic rings. The predicted molar refractivity (Wildman–Crippen MR) is 81.7 cm³/mol. The first-order chi connectivity index (χ1) is 9.63. The normalized spacial score (nSPS) is 15.7. The zero-order chi connectivity index (χ0) is 14.4. The molecule has 0 radical (unpaired) electrons. The van der Waals surface area contributed by atoms with Crippen LogP contribution in [0.15, 0.2) is 24.3 Å². The first-order valence-corrected chi connectivity index (χ1v) is 7.13. The number of hydrogen-bond donors (Lipinski definition) is 3. The van der Waals surface area contributed by atoms with Gasteiger partial charge in [0.25, 0.3) is 0 Å². The molecule has 1 aromatic carbocycles. The Balaban J connectivity index is 1.85. The molecule has 0 unspecified atom stereocenters. The number of hydrogen-bond acceptors (Lipinski definition) is 3. The van der Waals surface area contributed by atoms with Crippen molar-refractivity contribution in [1.29, 1.82) is 0 Å². The van der Waals surface area contributed by atoms with Gasteiger partial charge in [-0.25, -0.2) is 0 Å². The van der Waals surface area contributed by atoms with Crippen LogP contribution in [0.5, 0.6) is 0 Å². The average Bonchev–Trinajstić information content (AvgIpc) is 2.41. The predicted octanol–water partition coefficient (Wildman–Crippen LogP) is -0.0654. The maximum Gasteiger partial charge on any atom is 0.222 e. The highest BCUT2D eigenvalue weighted by Gasteiger charge is 2.13. The number of anilines is 1. The van der Waals surface area contributed by atoms with Gasteiger partial charge in [0, 0.05) is 18.2 Å². The van der Waals surface area contributed by atoms with Gasteiger partial charge in [-0.2, -0.15) is 0 Å². The second-order valence-electron chi connectivity index (χ2n) is 4.87. The quantitative estimate of drug-likeness (QED) is 0.684. The maximum atomic E-state index is 10.9. The molecule has 1 aromatic rings. The van der Waals surface area contributed by atoms with Crippen molar-refractivity contribution in [1.82, 2.24) is 5.32 Å². The van der Waals surface area contributed by atoms with E-state index in [0.717, 1.165) is 38.5 Å². The van der Waals surface area contributed by atoms with Crippen molar-refractivity contribution in [2.75, 3.05) is 31.6 Å². The van der Waals surface area contributed by atoms with Crippen molar-refractivity contribution in [3.63, 3.8) is 0 Å². The molecule has 0 bridgehead atoms. The number of benzene rings is 1. The van der Waals surface area contributed by atoms with Crippen molar-refractivity contribution in [2.24, 2.45) is 0 Å². The summed E-state index contributed by atoms with van der Waals surface area (Å²) in [7, 11) is 0. The lowest BCUT2D eigenvalue weighted by Crippen LogP contribution is -3.12. The standard InChI is InChI=1S/C14H19N3O2S/c1-11(18)15-14(20)16-13-4-2-12(3-5-13)10-17-6-8-19-9-7-17/h2-5H,6-10H2,1H3,(H2,15,16,18,20)/p+1. The first kappa shape index (κ1) is 14.9. The minimum Gasteiger partial charge on any atom is -0.370 e. The van der Waals surface area contributed by atoms with Crippen LogP contribution >= 0.6 is 12.2 Å². The van der Waals surface area contributed by atoms with E-state index in [2.05, 4.69) is 22.8 Å². The van der Waals surface area contributed by atoms with Gasteiger partial charge in [0.15, 0.2) is 5.11 Å². The number of ether oxygens (including phenoxy) is 1. The van der Waals surface area contributed by atoms with Gasteiger partial charge in [-0.15, -0.1) is 0 Å². The van der Waals surface area contributed by atoms with Gasteiger partial charge in [-0.1, -0.05) is 12.1 Å². The smallest absolute Gasteiger partial charge is 0.222 e. The van der Waals surface area contributed by atoms with Crippen LogP contribution in [0, 0.1) is 0 Å². The van der Waals surface area contributed by atoms with Crippen molar-refractivity contribution in [3.8, 4) is 0 Å². The molecular formula is C14H20N3O2S+. The van der Waals surface area contributed by atoms with Gasteiger partial charge in [0.2, 0.25) is 5.91 Å². The molecule has 1 amide bonds. The molecule has 0 saturated carbocycles. The lowest BCUT2D eigenvalue weighted by molar-refractivity contribution is -0.921. The van der Waals surface area contributed by atoms with Crippen LogP contribution in [0.3, 0.4) is 0 Å².